The van der Waals surface area contributed by atoms with E-state index in [-0.39, 0.29) is 0 Å². The van der Waals surface area contributed by atoms with Crippen LogP contribution >= 0.6 is 0 Å². The highest BCUT2D eigenvalue weighted by Gasteiger charge is 1.99. The summed E-state index contributed by atoms with van der Waals surface area (Å²) >= 11 is 0. The van der Waals surface area contributed by atoms with Gasteiger partial charge in [0.25, 0.3) is 0 Å². The van der Waals surface area contributed by atoms with Gasteiger partial charge in [0.2, 0.25) is 0 Å². The Morgan fingerprint density at radius 1 is 1.06 bits per heavy atom. The molecule has 0 bridgehead atoms. The van der Waals surface area contributed by atoms with E-state index < -0.39 is 0 Å². The highest BCUT2D eigenvalue weighted by molar-refractivity contribution is 5.23. The van der Waals surface area contributed by atoms with E-state index in [4.69, 9.17) is 0 Å². The molecule has 16 heavy (non-hydrogen) atoms. The molecule has 2 nitrogen and oxygen atoms in total. The molecule has 2 aromatic rings. The first-order valence-electron chi connectivity index (χ1n) is 5.86. The summed E-state index contributed by atoms with van der Waals surface area (Å²) in [6.45, 7) is 4.22. The molecule has 0 aliphatic heterocycles. The van der Waals surface area contributed by atoms with E-state index in [0.717, 1.165) is 30.7 Å². The summed E-state index contributed by atoms with van der Waals surface area (Å²) in [5.74, 6) is 0. The Hall–Kier alpha value is -1.57. The largest absolute Gasteiger partial charge is 0.283 e. The summed E-state index contributed by atoms with van der Waals surface area (Å²) in [7, 11) is 0. The second-order valence-electron chi connectivity index (χ2n) is 4.21. The van der Waals surface area contributed by atoms with Gasteiger partial charge in [-0.2, -0.15) is 5.10 Å². The lowest BCUT2D eigenvalue weighted by Gasteiger charge is -2.01. The number of aromatic nitrogens is 2. The average molecular weight is 214 g/mol. The number of nitrogens with one attached hydrogen (secondary N) is 1. The van der Waals surface area contributed by atoms with Crippen LogP contribution in [0, 0.1) is 6.92 Å². The fourth-order valence-corrected chi connectivity index (χ4v) is 1.82. The number of aryl methyl sites for hydroxylation is 4. The van der Waals surface area contributed by atoms with Crippen LogP contribution in [0.5, 0.6) is 0 Å². The monoisotopic (exact) mass is 214 g/mol. The molecular formula is C14H18N2. The standard InChI is InChI=1S/C14H18N2/c1-3-12-4-6-13(7-5-12)8-9-14-10-11(2)15-16-14/h4-7,10H,3,8-9H2,1-2H3,(H,15,16). The first-order chi connectivity index (χ1) is 7.78. The van der Waals surface area contributed by atoms with Crippen molar-refractivity contribution in [3.63, 3.8) is 0 Å². The van der Waals surface area contributed by atoms with Crippen molar-refractivity contribution in [2.24, 2.45) is 0 Å². The van der Waals surface area contributed by atoms with E-state index in [1.165, 1.54) is 11.1 Å². The predicted octanol–water partition coefficient (Wildman–Crippen LogP) is 3.07. The maximum Gasteiger partial charge on any atom is 0.0628 e. The number of nitrogens with zero attached hydrogens (tertiary/aromatic N) is 1. The number of benzene rings is 1. The summed E-state index contributed by atoms with van der Waals surface area (Å²) in [5, 5.41) is 7.21. The van der Waals surface area contributed by atoms with Crippen LogP contribution in [-0.4, -0.2) is 10.2 Å². The minimum atomic E-state index is 1.01. The second-order valence-corrected chi connectivity index (χ2v) is 4.21. The van der Waals surface area contributed by atoms with E-state index >= 15 is 0 Å². The van der Waals surface area contributed by atoms with E-state index in [9.17, 15) is 0 Å². The van der Waals surface area contributed by atoms with Crippen LogP contribution in [0.25, 0.3) is 0 Å². The van der Waals surface area contributed by atoms with E-state index in [0.29, 0.717) is 0 Å². The Bertz CT molecular complexity index is 440. The summed E-state index contributed by atoms with van der Waals surface area (Å²) in [5.41, 5.74) is 5.07. The molecule has 0 aliphatic carbocycles. The molecule has 0 amide bonds. The normalized spacial score (nSPS) is 10.6. The fourth-order valence-electron chi connectivity index (χ4n) is 1.82. The maximum atomic E-state index is 4.24. The molecule has 0 saturated heterocycles. The van der Waals surface area contributed by atoms with Gasteiger partial charge < -0.3 is 0 Å². The van der Waals surface area contributed by atoms with Gasteiger partial charge >= 0.3 is 0 Å². The Morgan fingerprint density at radius 2 is 1.75 bits per heavy atom. The van der Waals surface area contributed by atoms with Gasteiger partial charge in [-0.25, -0.2) is 0 Å². The molecular weight excluding hydrogens is 196 g/mol. The molecule has 1 aromatic heterocycles. The Morgan fingerprint density at radius 3 is 2.31 bits per heavy atom. The molecule has 84 valence electrons. The first kappa shape index (κ1) is 10.9. The van der Waals surface area contributed by atoms with Crippen molar-refractivity contribution in [2.45, 2.75) is 33.1 Å². The van der Waals surface area contributed by atoms with Crippen LogP contribution in [0.1, 0.15) is 29.4 Å². The third-order valence-electron chi connectivity index (χ3n) is 2.86. The Labute approximate surface area is 96.7 Å². The number of hydrogen-bond donors (Lipinski definition) is 1. The highest BCUT2D eigenvalue weighted by Crippen LogP contribution is 2.08. The fraction of sp³-hybridized carbons (Fsp3) is 0.357. The zero-order valence-electron chi connectivity index (χ0n) is 9.96. The average Bonchev–Trinajstić information content (AvgIpc) is 2.73. The summed E-state index contributed by atoms with van der Waals surface area (Å²) in [4.78, 5) is 0. The minimum absolute atomic E-state index is 1.01. The lowest BCUT2D eigenvalue weighted by atomic mass is 10.1. The lowest BCUT2D eigenvalue weighted by Crippen LogP contribution is -1.92. The summed E-state index contributed by atoms with van der Waals surface area (Å²) < 4.78 is 0. The van der Waals surface area contributed by atoms with Crippen molar-refractivity contribution < 1.29 is 0 Å². The molecule has 0 aliphatic rings. The van der Waals surface area contributed by atoms with Crippen LogP contribution in [-0.2, 0) is 19.3 Å². The van der Waals surface area contributed by atoms with E-state index in [1.807, 2.05) is 6.92 Å². The van der Waals surface area contributed by atoms with Gasteiger partial charge in [-0.1, -0.05) is 31.2 Å². The van der Waals surface area contributed by atoms with Gasteiger partial charge in [0.05, 0.1) is 5.69 Å². The molecule has 0 saturated carbocycles. The van der Waals surface area contributed by atoms with E-state index in [1.54, 1.807) is 0 Å². The van der Waals surface area contributed by atoms with Gasteiger partial charge in [0.15, 0.2) is 0 Å². The van der Waals surface area contributed by atoms with Gasteiger partial charge in [0, 0.05) is 5.69 Å². The zero-order chi connectivity index (χ0) is 11.4. The number of aromatic amines is 1. The van der Waals surface area contributed by atoms with Crippen molar-refractivity contribution in [1.82, 2.24) is 10.2 Å². The predicted molar refractivity (Wildman–Crippen MR) is 66.6 cm³/mol. The zero-order valence-corrected chi connectivity index (χ0v) is 9.96. The second kappa shape index (κ2) is 4.97. The third kappa shape index (κ3) is 2.72. The molecule has 0 unspecified atom stereocenters. The van der Waals surface area contributed by atoms with Gasteiger partial charge in [-0.15, -0.1) is 0 Å². The van der Waals surface area contributed by atoms with Crippen molar-refractivity contribution in [2.75, 3.05) is 0 Å². The number of H-pyrrole nitrogens is 1. The first-order valence-corrected chi connectivity index (χ1v) is 5.86. The van der Waals surface area contributed by atoms with E-state index in [2.05, 4.69) is 47.5 Å². The topological polar surface area (TPSA) is 28.7 Å². The highest BCUT2D eigenvalue weighted by atomic mass is 15.1. The van der Waals surface area contributed by atoms with Crippen molar-refractivity contribution in [3.8, 4) is 0 Å². The van der Waals surface area contributed by atoms with Gasteiger partial charge in [0.1, 0.15) is 0 Å². The molecule has 0 spiro atoms. The van der Waals surface area contributed by atoms with Crippen LogP contribution in [0.3, 0.4) is 0 Å². The summed E-state index contributed by atoms with van der Waals surface area (Å²) in [6.07, 6.45) is 3.18. The van der Waals surface area contributed by atoms with Gasteiger partial charge in [-0.3, -0.25) is 5.10 Å². The van der Waals surface area contributed by atoms with Crippen molar-refractivity contribution >= 4 is 0 Å². The van der Waals surface area contributed by atoms with Gasteiger partial charge in [-0.05, 0) is 43.4 Å². The lowest BCUT2D eigenvalue weighted by molar-refractivity contribution is 0.889. The van der Waals surface area contributed by atoms with Crippen LogP contribution in [0.4, 0.5) is 0 Å². The Balaban J connectivity index is 1.94. The smallest absolute Gasteiger partial charge is 0.0628 e. The third-order valence-corrected chi connectivity index (χ3v) is 2.86. The number of hydrogen-bond acceptors (Lipinski definition) is 1. The summed E-state index contributed by atoms with van der Waals surface area (Å²) in [6, 6.07) is 11.0. The molecule has 2 rings (SSSR count). The van der Waals surface area contributed by atoms with Crippen LogP contribution < -0.4 is 0 Å². The molecule has 2 heteroatoms. The minimum Gasteiger partial charge on any atom is -0.283 e. The molecule has 0 radical (unpaired) electrons. The molecule has 0 fully saturated rings. The van der Waals surface area contributed by atoms with Crippen LogP contribution in [0.15, 0.2) is 30.3 Å². The molecule has 1 aromatic carbocycles. The van der Waals surface area contributed by atoms with Crippen molar-refractivity contribution in [1.29, 1.82) is 0 Å². The van der Waals surface area contributed by atoms with Crippen molar-refractivity contribution in [3.05, 3.63) is 52.8 Å². The SMILES string of the molecule is CCc1ccc(CCc2cc(C)[nH]n2)cc1. The maximum absolute atomic E-state index is 4.24. The molecule has 1 heterocycles. The quantitative estimate of drug-likeness (QED) is 0.832. The Kier molecular flexibility index (Phi) is 3.40. The molecule has 0 atom stereocenters. The number of rotatable bonds is 4. The van der Waals surface area contributed by atoms with Crippen LogP contribution in [0.2, 0.25) is 0 Å². The molecule has 1 N–H and O–H groups in total.